The molecule has 3 aromatic rings. The zero-order chi connectivity index (χ0) is 20.9. The molecule has 28 heavy (non-hydrogen) atoms. The number of aromatic nitrogens is 4. The highest BCUT2D eigenvalue weighted by atomic mass is 19.4. The SMILES string of the molecule is CC(C)(C)[C@H](c1ccc(C(F)(F)F)cc1)n1nc(CO)c2c(=O)[nH]c(=O)[nH]c21. The van der Waals surface area contributed by atoms with Crippen LogP contribution in [0.1, 0.15) is 43.6 Å². The van der Waals surface area contributed by atoms with Crippen LogP contribution in [0.25, 0.3) is 11.0 Å². The molecule has 0 aliphatic rings. The van der Waals surface area contributed by atoms with Crippen molar-refractivity contribution in [1.82, 2.24) is 19.7 Å². The minimum Gasteiger partial charge on any atom is -0.390 e. The number of nitrogens with one attached hydrogen (secondary N) is 2. The van der Waals surface area contributed by atoms with Crippen LogP contribution in [0, 0.1) is 5.41 Å². The van der Waals surface area contributed by atoms with Crippen LogP contribution in [0.2, 0.25) is 0 Å². The molecule has 7 nitrogen and oxygen atoms in total. The Kier molecular flexibility index (Phi) is 4.70. The van der Waals surface area contributed by atoms with Crippen molar-refractivity contribution in [3.8, 4) is 0 Å². The lowest BCUT2D eigenvalue weighted by atomic mass is 9.82. The Morgan fingerprint density at radius 3 is 2.21 bits per heavy atom. The standard InChI is InChI=1S/C18H19F3N4O3/c1-17(2,3)13(9-4-6-10(7-5-9)18(19,20)21)25-14-12(11(8-26)24-25)15(27)23-16(28)22-14/h4-7,13,26H,8H2,1-3H3,(H2,22,23,27,28)/t13-/m0/s1. The Balaban J connectivity index is 2.28. The maximum absolute atomic E-state index is 12.9. The summed E-state index contributed by atoms with van der Waals surface area (Å²) in [6.45, 7) is 5.02. The number of alkyl halides is 3. The molecule has 0 saturated carbocycles. The fourth-order valence-electron chi connectivity index (χ4n) is 3.30. The topological polar surface area (TPSA) is 104 Å². The molecule has 0 amide bonds. The zero-order valence-corrected chi connectivity index (χ0v) is 15.4. The van der Waals surface area contributed by atoms with Gasteiger partial charge in [-0.15, -0.1) is 0 Å². The van der Waals surface area contributed by atoms with E-state index in [0.29, 0.717) is 5.56 Å². The summed E-state index contributed by atoms with van der Waals surface area (Å²) >= 11 is 0. The predicted molar refractivity (Wildman–Crippen MR) is 95.9 cm³/mol. The zero-order valence-electron chi connectivity index (χ0n) is 15.4. The van der Waals surface area contributed by atoms with Crippen LogP contribution in [0.15, 0.2) is 33.9 Å². The number of H-pyrrole nitrogens is 2. The van der Waals surface area contributed by atoms with E-state index >= 15 is 0 Å². The number of benzene rings is 1. The van der Waals surface area contributed by atoms with Gasteiger partial charge in [-0.2, -0.15) is 18.3 Å². The van der Waals surface area contributed by atoms with E-state index in [0.717, 1.165) is 12.1 Å². The highest BCUT2D eigenvalue weighted by molar-refractivity contribution is 5.77. The van der Waals surface area contributed by atoms with Gasteiger partial charge in [-0.3, -0.25) is 14.8 Å². The highest BCUT2D eigenvalue weighted by Crippen LogP contribution is 2.39. The molecule has 1 aromatic carbocycles. The Bertz CT molecular complexity index is 1120. The second-order valence-corrected chi connectivity index (χ2v) is 7.57. The van der Waals surface area contributed by atoms with Gasteiger partial charge in [-0.05, 0) is 23.1 Å². The number of hydrogen-bond donors (Lipinski definition) is 3. The third kappa shape index (κ3) is 3.47. The lowest BCUT2D eigenvalue weighted by molar-refractivity contribution is -0.137. The molecule has 0 spiro atoms. The van der Waals surface area contributed by atoms with Crippen molar-refractivity contribution in [2.75, 3.05) is 0 Å². The summed E-state index contributed by atoms with van der Waals surface area (Å²) in [5, 5.41) is 13.9. The molecule has 10 heteroatoms. The number of aliphatic hydroxyl groups excluding tert-OH is 1. The van der Waals surface area contributed by atoms with Crippen molar-refractivity contribution in [1.29, 1.82) is 0 Å². The molecule has 1 atom stereocenters. The summed E-state index contributed by atoms with van der Waals surface area (Å²) in [6, 6.07) is 4.02. The molecule has 150 valence electrons. The molecular formula is C18H19F3N4O3. The predicted octanol–water partition coefficient (Wildman–Crippen LogP) is 2.56. The fraction of sp³-hybridized carbons (Fsp3) is 0.389. The highest BCUT2D eigenvalue weighted by Gasteiger charge is 2.34. The molecule has 0 fully saturated rings. The van der Waals surface area contributed by atoms with Crippen LogP contribution in [-0.4, -0.2) is 24.9 Å². The third-order valence-corrected chi connectivity index (χ3v) is 4.44. The van der Waals surface area contributed by atoms with Crippen LogP contribution in [-0.2, 0) is 12.8 Å². The molecule has 0 aliphatic carbocycles. The van der Waals surface area contributed by atoms with Crippen LogP contribution >= 0.6 is 0 Å². The number of aliphatic hydroxyl groups is 1. The largest absolute Gasteiger partial charge is 0.416 e. The van der Waals surface area contributed by atoms with Gasteiger partial charge in [-0.25, -0.2) is 9.48 Å². The Labute approximate surface area is 156 Å². The Morgan fingerprint density at radius 1 is 1.11 bits per heavy atom. The van der Waals surface area contributed by atoms with Gasteiger partial charge >= 0.3 is 11.9 Å². The number of halogens is 3. The minimum atomic E-state index is -4.46. The maximum Gasteiger partial charge on any atom is 0.416 e. The van der Waals surface area contributed by atoms with Crippen LogP contribution < -0.4 is 11.2 Å². The molecular weight excluding hydrogens is 377 g/mol. The van der Waals surface area contributed by atoms with E-state index in [1.165, 1.54) is 16.8 Å². The normalized spacial score (nSPS) is 13.8. The van der Waals surface area contributed by atoms with E-state index in [1.807, 2.05) is 20.8 Å². The van der Waals surface area contributed by atoms with E-state index in [-0.39, 0.29) is 16.7 Å². The van der Waals surface area contributed by atoms with E-state index in [1.54, 1.807) is 0 Å². The van der Waals surface area contributed by atoms with Gasteiger partial charge in [0, 0.05) is 0 Å². The fourth-order valence-corrected chi connectivity index (χ4v) is 3.30. The molecule has 0 bridgehead atoms. The van der Waals surface area contributed by atoms with E-state index in [4.69, 9.17) is 0 Å². The second-order valence-electron chi connectivity index (χ2n) is 7.57. The Hall–Kier alpha value is -2.88. The average Bonchev–Trinajstić information content (AvgIpc) is 2.92. The smallest absolute Gasteiger partial charge is 0.390 e. The van der Waals surface area contributed by atoms with Crippen LogP contribution in [0.5, 0.6) is 0 Å². The molecule has 0 unspecified atom stereocenters. The van der Waals surface area contributed by atoms with Crippen molar-refractivity contribution in [2.24, 2.45) is 5.41 Å². The molecule has 0 radical (unpaired) electrons. The second kappa shape index (κ2) is 6.62. The summed E-state index contributed by atoms with van der Waals surface area (Å²) < 4.78 is 40.1. The monoisotopic (exact) mass is 396 g/mol. The molecule has 3 rings (SSSR count). The van der Waals surface area contributed by atoms with Crippen molar-refractivity contribution in [3.05, 3.63) is 61.9 Å². The van der Waals surface area contributed by atoms with Gasteiger partial charge in [0.1, 0.15) is 16.7 Å². The Morgan fingerprint density at radius 2 is 1.71 bits per heavy atom. The summed E-state index contributed by atoms with van der Waals surface area (Å²) in [4.78, 5) is 28.6. The molecule has 2 heterocycles. The van der Waals surface area contributed by atoms with Gasteiger partial charge in [-0.1, -0.05) is 32.9 Å². The van der Waals surface area contributed by atoms with Crippen molar-refractivity contribution < 1.29 is 18.3 Å². The molecule has 2 aromatic heterocycles. The van der Waals surface area contributed by atoms with Gasteiger partial charge in [0.15, 0.2) is 0 Å². The summed E-state index contributed by atoms with van der Waals surface area (Å²) in [5.74, 6) is 0. The molecule has 0 aliphatic heterocycles. The van der Waals surface area contributed by atoms with Gasteiger partial charge in [0.2, 0.25) is 0 Å². The van der Waals surface area contributed by atoms with Crippen molar-refractivity contribution >= 4 is 11.0 Å². The van der Waals surface area contributed by atoms with Gasteiger partial charge in [0.05, 0.1) is 18.2 Å². The first-order valence-electron chi connectivity index (χ1n) is 8.45. The van der Waals surface area contributed by atoms with Crippen LogP contribution in [0.4, 0.5) is 13.2 Å². The third-order valence-electron chi connectivity index (χ3n) is 4.44. The van der Waals surface area contributed by atoms with Crippen molar-refractivity contribution in [3.63, 3.8) is 0 Å². The first kappa shape index (κ1) is 19.9. The van der Waals surface area contributed by atoms with Crippen LogP contribution in [0.3, 0.4) is 0 Å². The molecule has 3 N–H and O–H groups in total. The van der Waals surface area contributed by atoms with E-state index in [2.05, 4.69) is 15.1 Å². The number of hydrogen-bond acceptors (Lipinski definition) is 4. The number of rotatable bonds is 3. The number of nitrogens with zero attached hydrogens (tertiary/aromatic N) is 2. The number of fused-ring (bicyclic) bond motifs is 1. The van der Waals surface area contributed by atoms with Gasteiger partial charge in [0.25, 0.3) is 5.56 Å². The van der Waals surface area contributed by atoms with E-state index in [9.17, 15) is 27.9 Å². The first-order valence-corrected chi connectivity index (χ1v) is 8.45. The lowest BCUT2D eigenvalue weighted by Gasteiger charge is -2.32. The maximum atomic E-state index is 12.9. The van der Waals surface area contributed by atoms with Crippen molar-refractivity contribution in [2.45, 2.75) is 39.6 Å². The molecule has 0 saturated heterocycles. The minimum absolute atomic E-state index is 0.0308. The average molecular weight is 396 g/mol. The van der Waals surface area contributed by atoms with E-state index < -0.39 is 41.1 Å². The number of aromatic amines is 2. The lowest BCUT2D eigenvalue weighted by Crippen LogP contribution is -2.29. The summed E-state index contributed by atoms with van der Waals surface area (Å²) in [7, 11) is 0. The summed E-state index contributed by atoms with van der Waals surface area (Å²) in [6.07, 6.45) is -4.46. The first-order chi connectivity index (χ1) is 12.9. The summed E-state index contributed by atoms with van der Waals surface area (Å²) in [5.41, 5.74) is -2.11. The quantitative estimate of drug-likeness (QED) is 0.633. The van der Waals surface area contributed by atoms with Gasteiger partial charge < -0.3 is 5.11 Å².